The SMILES string of the molecule is CC1=C(Pc2ccccc2)c2ccccc2[CH]1[Hf+2][CH]1C=Cc2c(C)ccc(C)c21.[F-].[F-]. The quantitative estimate of drug-likeness (QED) is 0.311. The fraction of sp³-hybridized carbons (Fsp3) is 0.185. The van der Waals surface area contributed by atoms with Gasteiger partial charge in [-0.2, -0.15) is 0 Å². The van der Waals surface area contributed by atoms with Crippen LogP contribution in [0.2, 0.25) is 0 Å². The molecule has 0 N–H and O–H groups in total. The van der Waals surface area contributed by atoms with E-state index in [2.05, 4.69) is 99.7 Å². The first kappa shape index (κ1) is 24.0. The Morgan fingerprint density at radius 1 is 0.774 bits per heavy atom. The van der Waals surface area contributed by atoms with Crippen LogP contribution in [-0.2, 0) is 22.9 Å². The van der Waals surface area contributed by atoms with Gasteiger partial charge in [0, 0.05) is 0 Å². The van der Waals surface area contributed by atoms with E-state index >= 15 is 0 Å². The van der Waals surface area contributed by atoms with Gasteiger partial charge in [0.15, 0.2) is 0 Å². The van der Waals surface area contributed by atoms with Crippen LogP contribution < -0.4 is 14.7 Å². The molecule has 0 nitrogen and oxygen atoms in total. The zero-order valence-electron chi connectivity index (χ0n) is 17.9. The molecule has 0 aromatic heterocycles. The molecule has 0 aliphatic heterocycles. The van der Waals surface area contributed by atoms with E-state index in [9.17, 15) is 0 Å². The van der Waals surface area contributed by atoms with Crippen molar-refractivity contribution in [2.75, 3.05) is 0 Å². The maximum Gasteiger partial charge on any atom is -1.00 e. The van der Waals surface area contributed by atoms with Crippen LogP contribution >= 0.6 is 8.58 Å². The number of hydrogen-bond donors (Lipinski definition) is 0. The van der Waals surface area contributed by atoms with Crippen molar-refractivity contribution in [3.63, 3.8) is 0 Å². The molecule has 156 valence electrons. The Balaban J connectivity index is 0.00000136. The second-order valence-electron chi connectivity index (χ2n) is 8.10. The van der Waals surface area contributed by atoms with Crippen LogP contribution in [0.5, 0.6) is 0 Å². The Kier molecular flexibility index (Phi) is 7.60. The van der Waals surface area contributed by atoms with Crippen LogP contribution in [0, 0.1) is 13.8 Å². The smallest absolute Gasteiger partial charge is 1.00 e. The number of hydrogen-bond acceptors (Lipinski definition) is 0. The first-order valence-electron chi connectivity index (χ1n) is 10.3. The Bertz CT molecular complexity index is 1150. The van der Waals surface area contributed by atoms with E-state index in [1.54, 1.807) is 22.0 Å². The molecule has 0 saturated heterocycles. The summed E-state index contributed by atoms with van der Waals surface area (Å²) in [6.07, 6.45) is 4.93. The third-order valence-electron chi connectivity index (χ3n) is 6.25. The Morgan fingerprint density at radius 2 is 1.45 bits per heavy atom. The normalized spacial score (nSPS) is 18.4. The molecule has 3 aromatic rings. The van der Waals surface area contributed by atoms with Gasteiger partial charge in [0.25, 0.3) is 0 Å². The number of aryl methyl sites for hydroxylation is 2. The molecule has 2 aliphatic rings. The average Bonchev–Trinajstić information content (AvgIpc) is 3.28. The molecule has 0 saturated carbocycles. The van der Waals surface area contributed by atoms with Crippen LogP contribution in [0.3, 0.4) is 0 Å². The molecule has 3 atom stereocenters. The van der Waals surface area contributed by atoms with Crippen molar-refractivity contribution in [2.45, 2.75) is 28.1 Å². The van der Waals surface area contributed by atoms with Crippen LogP contribution in [0.15, 0.2) is 78.4 Å². The molecule has 0 amide bonds. The molecule has 5 rings (SSSR count). The van der Waals surface area contributed by atoms with Gasteiger partial charge in [0.05, 0.1) is 0 Å². The monoisotopic (exact) mass is 598 g/mol. The molecular weight excluding hydrogens is 572 g/mol. The summed E-state index contributed by atoms with van der Waals surface area (Å²) in [5, 5.41) is 3.05. The molecule has 31 heavy (non-hydrogen) atoms. The zero-order chi connectivity index (χ0) is 20.0. The molecule has 0 radical (unpaired) electrons. The van der Waals surface area contributed by atoms with Gasteiger partial charge in [-0.3, -0.25) is 0 Å². The van der Waals surface area contributed by atoms with Gasteiger partial charge < -0.3 is 9.41 Å². The van der Waals surface area contributed by atoms with E-state index in [1.165, 1.54) is 27.6 Å². The molecule has 0 spiro atoms. The second-order valence-corrected chi connectivity index (χ2v) is 14.9. The van der Waals surface area contributed by atoms with Crippen molar-refractivity contribution in [1.82, 2.24) is 0 Å². The predicted octanol–water partition coefficient (Wildman–Crippen LogP) is 0.952. The zero-order valence-corrected chi connectivity index (χ0v) is 22.5. The summed E-state index contributed by atoms with van der Waals surface area (Å²) in [6, 6.07) is 24.8. The van der Waals surface area contributed by atoms with Gasteiger partial charge in [-0.25, -0.2) is 0 Å². The predicted molar refractivity (Wildman–Crippen MR) is 124 cm³/mol. The summed E-state index contributed by atoms with van der Waals surface area (Å²) in [4.78, 5) is 0. The van der Waals surface area contributed by atoms with Crippen molar-refractivity contribution in [3.05, 3.63) is 112 Å². The largest absolute Gasteiger partial charge is 1.00 e. The molecule has 0 fully saturated rings. The maximum absolute atomic E-state index is 2.53. The van der Waals surface area contributed by atoms with Crippen molar-refractivity contribution in [3.8, 4) is 0 Å². The molecule has 0 bridgehead atoms. The fourth-order valence-electron chi connectivity index (χ4n) is 4.71. The van der Waals surface area contributed by atoms with Crippen LogP contribution in [0.4, 0.5) is 0 Å². The number of rotatable bonds is 4. The minimum Gasteiger partial charge on any atom is -1.00 e. The number of halogens is 2. The van der Waals surface area contributed by atoms with Gasteiger partial charge in [-0.1, -0.05) is 0 Å². The Hall–Kier alpha value is -1.70. The molecule has 2 aliphatic carbocycles. The van der Waals surface area contributed by atoms with Gasteiger partial charge in [0.2, 0.25) is 0 Å². The summed E-state index contributed by atoms with van der Waals surface area (Å²) >= 11 is -1.03. The minimum atomic E-state index is -1.03. The third kappa shape index (κ3) is 4.32. The average molecular weight is 597 g/mol. The Morgan fingerprint density at radius 3 is 2.23 bits per heavy atom. The molecule has 4 heteroatoms. The number of fused-ring (bicyclic) bond motifs is 2. The van der Waals surface area contributed by atoms with Gasteiger partial charge in [-0.05, 0) is 0 Å². The van der Waals surface area contributed by atoms with Crippen LogP contribution in [0.1, 0.15) is 47.7 Å². The molecular formula is C27H25F2HfP. The number of benzene rings is 3. The van der Waals surface area contributed by atoms with E-state index in [-0.39, 0.29) is 9.41 Å². The Labute approximate surface area is 196 Å². The van der Waals surface area contributed by atoms with E-state index in [1.807, 2.05) is 0 Å². The summed E-state index contributed by atoms with van der Waals surface area (Å²) < 4.78 is 1.41. The first-order chi connectivity index (χ1) is 14.1. The standard InChI is InChI=1S/C16H14P.C11H11.2FH.Hf/c1-12-11-13-7-5-6-10-15(13)16(12)17-14-8-3-2-4-9-14;1-8-6-7-9(2)11-5-3-4-10(8)11;;;/h2-11,17H,1H3;3-7H,1-2H3;2*1H;/q;;;;+2/p-2. The summed E-state index contributed by atoms with van der Waals surface area (Å²) in [5.74, 6) is 0. The van der Waals surface area contributed by atoms with Crippen LogP contribution in [-0.4, -0.2) is 0 Å². The van der Waals surface area contributed by atoms with Gasteiger partial charge >= 0.3 is 188 Å². The van der Waals surface area contributed by atoms with Gasteiger partial charge in [-0.15, -0.1) is 0 Å². The van der Waals surface area contributed by atoms with E-state index in [0.29, 0.717) is 7.35 Å². The van der Waals surface area contributed by atoms with Crippen molar-refractivity contribution < 1.29 is 32.3 Å². The number of allylic oxidation sites excluding steroid dienone is 2. The van der Waals surface area contributed by atoms with Crippen LogP contribution in [0.25, 0.3) is 11.4 Å². The molecule has 3 aromatic carbocycles. The molecule has 3 unspecified atom stereocenters. The van der Waals surface area contributed by atoms with Gasteiger partial charge in [0.1, 0.15) is 0 Å². The third-order valence-corrected chi connectivity index (χ3v) is 14.7. The topological polar surface area (TPSA) is 0 Å². The van der Waals surface area contributed by atoms with Crippen molar-refractivity contribution in [1.29, 1.82) is 0 Å². The maximum atomic E-state index is 2.53. The minimum absolute atomic E-state index is 0. The second kappa shape index (κ2) is 9.84. The summed E-state index contributed by atoms with van der Waals surface area (Å²) in [5.41, 5.74) is 10.8. The van der Waals surface area contributed by atoms with Crippen molar-refractivity contribution in [2.24, 2.45) is 0 Å². The summed E-state index contributed by atoms with van der Waals surface area (Å²) in [6.45, 7) is 6.98. The van der Waals surface area contributed by atoms with E-state index < -0.39 is 22.9 Å². The van der Waals surface area contributed by atoms with Crippen molar-refractivity contribution >= 4 is 25.3 Å². The first-order valence-corrected chi connectivity index (χ1v) is 15.4. The molecule has 0 heterocycles. The fourth-order valence-corrected chi connectivity index (χ4v) is 13.6. The van der Waals surface area contributed by atoms with E-state index in [4.69, 9.17) is 0 Å². The summed E-state index contributed by atoms with van der Waals surface area (Å²) in [7, 11) is 0.757. The van der Waals surface area contributed by atoms with E-state index in [0.717, 1.165) is 8.58 Å².